The molecule has 35 heavy (non-hydrogen) atoms. The molecular formula is C33H22N2. The number of hydrogen-bond donors (Lipinski definition) is 1. The van der Waals surface area contributed by atoms with E-state index in [1.165, 1.54) is 82.2 Å². The molecule has 5 aromatic carbocycles. The first-order valence-electron chi connectivity index (χ1n) is 12.4. The van der Waals surface area contributed by atoms with Crippen LogP contribution in [0.3, 0.4) is 0 Å². The van der Waals surface area contributed by atoms with E-state index >= 15 is 0 Å². The third kappa shape index (κ3) is 1.89. The molecule has 0 saturated heterocycles. The van der Waals surface area contributed by atoms with Gasteiger partial charge in [-0.2, -0.15) is 0 Å². The van der Waals surface area contributed by atoms with Crippen molar-refractivity contribution in [3.8, 4) is 11.1 Å². The maximum Gasteiger partial charge on any atom is 0.0619 e. The SMILES string of the molecule is CC1(C)c2ccccc2-c2cc3c4cccc5c6ccccc6n(c6cccc7[nH]c(c21)c3c76)c45. The summed E-state index contributed by atoms with van der Waals surface area (Å²) in [5, 5.41) is 7.95. The van der Waals surface area contributed by atoms with Crippen LogP contribution in [0.5, 0.6) is 0 Å². The van der Waals surface area contributed by atoms with Crippen molar-refractivity contribution in [2.75, 3.05) is 0 Å². The molecule has 0 spiro atoms. The minimum absolute atomic E-state index is 0.0637. The highest BCUT2D eigenvalue weighted by molar-refractivity contribution is 6.32. The van der Waals surface area contributed by atoms with Crippen LogP contribution in [0.15, 0.2) is 91.0 Å². The Kier molecular flexibility index (Phi) is 2.93. The first-order chi connectivity index (χ1) is 17.1. The van der Waals surface area contributed by atoms with E-state index in [9.17, 15) is 0 Å². The lowest BCUT2D eigenvalue weighted by molar-refractivity contribution is 0.665. The fraction of sp³-hybridized carbons (Fsp3) is 0.0909. The number of aromatic amines is 1. The van der Waals surface area contributed by atoms with Crippen molar-refractivity contribution in [3.63, 3.8) is 0 Å². The van der Waals surface area contributed by atoms with E-state index in [1.54, 1.807) is 0 Å². The first-order valence-corrected chi connectivity index (χ1v) is 12.4. The molecule has 0 aliphatic heterocycles. The number of H-pyrrole nitrogens is 1. The average Bonchev–Trinajstić information content (AvgIpc) is 3.47. The lowest BCUT2D eigenvalue weighted by Crippen LogP contribution is -2.15. The molecule has 2 heteroatoms. The highest BCUT2D eigenvalue weighted by Crippen LogP contribution is 2.54. The smallest absolute Gasteiger partial charge is 0.0619 e. The number of nitrogens with one attached hydrogen (secondary N) is 1. The minimum atomic E-state index is -0.0637. The molecule has 2 nitrogen and oxygen atoms in total. The van der Waals surface area contributed by atoms with E-state index in [4.69, 9.17) is 0 Å². The number of hydrogen-bond acceptors (Lipinski definition) is 0. The zero-order valence-electron chi connectivity index (χ0n) is 19.6. The first kappa shape index (κ1) is 18.1. The van der Waals surface area contributed by atoms with Crippen molar-refractivity contribution >= 4 is 59.9 Å². The third-order valence-corrected chi connectivity index (χ3v) is 8.62. The second-order valence-electron chi connectivity index (χ2n) is 10.6. The van der Waals surface area contributed by atoms with Gasteiger partial charge in [0.05, 0.1) is 22.1 Å². The van der Waals surface area contributed by atoms with Gasteiger partial charge < -0.3 is 9.38 Å². The standard InChI is InChI=1S/C33H22N2/c1-33(2)24-13-5-3-9-18(24)23-17-22-21-12-7-11-20-19-10-4-6-15-26(19)35(32(20)21)27-16-8-14-25-29(27)28(22)31(34-25)30(23)33/h3-17,34H,1-2H3. The number of nitrogens with zero attached hydrogens (tertiary/aromatic N) is 1. The lowest BCUT2D eigenvalue weighted by Gasteiger charge is -2.22. The summed E-state index contributed by atoms with van der Waals surface area (Å²) in [4.78, 5) is 3.91. The highest BCUT2D eigenvalue weighted by atomic mass is 14.9. The highest BCUT2D eigenvalue weighted by Gasteiger charge is 2.38. The molecule has 0 unspecified atom stereocenters. The normalized spacial score (nSPS) is 14.8. The monoisotopic (exact) mass is 446 g/mol. The Morgan fingerprint density at radius 3 is 2.26 bits per heavy atom. The number of para-hydroxylation sites is 2. The summed E-state index contributed by atoms with van der Waals surface area (Å²) < 4.78 is 2.50. The van der Waals surface area contributed by atoms with Crippen molar-refractivity contribution in [1.82, 2.24) is 9.38 Å². The molecule has 0 saturated carbocycles. The van der Waals surface area contributed by atoms with Crippen LogP contribution in [-0.4, -0.2) is 9.38 Å². The Hall–Kier alpha value is -4.30. The number of aromatic nitrogens is 2. The van der Waals surface area contributed by atoms with Gasteiger partial charge in [-0.15, -0.1) is 0 Å². The van der Waals surface area contributed by atoms with Gasteiger partial charge in [-0.1, -0.05) is 80.6 Å². The third-order valence-electron chi connectivity index (χ3n) is 8.62. The number of rotatable bonds is 0. The van der Waals surface area contributed by atoms with Crippen LogP contribution in [0.1, 0.15) is 25.0 Å². The Labute approximate surface area is 201 Å². The van der Waals surface area contributed by atoms with Crippen molar-refractivity contribution in [1.29, 1.82) is 0 Å². The second-order valence-corrected chi connectivity index (χ2v) is 10.6. The maximum atomic E-state index is 3.91. The van der Waals surface area contributed by atoms with Crippen LogP contribution in [0.2, 0.25) is 0 Å². The van der Waals surface area contributed by atoms with E-state index in [1.807, 2.05) is 0 Å². The molecule has 0 radical (unpaired) electrons. The van der Waals surface area contributed by atoms with Crippen molar-refractivity contribution in [2.45, 2.75) is 19.3 Å². The second kappa shape index (κ2) is 5.67. The van der Waals surface area contributed by atoms with Gasteiger partial charge in [0.1, 0.15) is 0 Å². The summed E-state index contributed by atoms with van der Waals surface area (Å²) in [6.07, 6.45) is 0. The number of fused-ring (bicyclic) bond motifs is 9. The molecular weight excluding hydrogens is 424 g/mol. The molecule has 1 N–H and O–H groups in total. The Morgan fingerprint density at radius 1 is 0.629 bits per heavy atom. The van der Waals surface area contributed by atoms with Crippen LogP contribution < -0.4 is 0 Å². The van der Waals surface area contributed by atoms with Gasteiger partial charge in [0.15, 0.2) is 0 Å². The van der Waals surface area contributed by atoms with Gasteiger partial charge in [-0.25, -0.2) is 0 Å². The average molecular weight is 447 g/mol. The molecule has 9 rings (SSSR count). The van der Waals surface area contributed by atoms with Crippen LogP contribution in [0.4, 0.5) is 0 Å². The maximum absolute atomic E-state index is 3.91. The Bertz CT molecular complexity index is 2190. The van der Waals surface area contributed by atoms with Gasteiger partial charge in [0, 0.05) is 37.9 Å². The van der Waals surface area contributed by atoms with Crippen LogP contribution in [-0.2, 0) is 5.41 Å². The van der Waals surface area contributed by atoms with Gasteiger partial charge >= 0.3 is 0 Å². The van der Waals surface area contributed by atoms with Gasteiger partial charge in [-0.05, 0) is 51.9 Å². The lowest BCUT2D eigenvalue weighted by atomic mass is 9.81. The predicted molar refractivity (Wildman–Crippen MR) is 148 cm³/mol. The van der Waals surface area contributed by atoms with E-state index in [2.05, 4.69) is 114 Å². The molecule has 8 aromatic rings. The Morgan fingerprint density at radius 2 is 1.34 bits per heavy atom. The zero-order chi connectivity index (χ0) is 23.1. The largest absolute Gasteiger partial charge is 0.354 e. The van der Waals surface area contributed by atoms with Crippen molar-refractivity contribution in [3.05, 3.63) is 102 Å². The fourth-order valence-corrected chi connectivity index (χ4v) is 7.25. The molecule has 3 aromatic heterocycles. The molecule has 3 heterocycles. The van der Waals surface area contributed by atoms with Gasteiger partial charge in [0.2, 0.25) is 0 Å². The molecule has 0 fully saturated rings. The Balaban J connectivity index is 1.69. The van der Waals surface area contributed by atoms with Crippen LogP contribution in [0.25, 0.3) is 71.0 Å². The van der Waals surface area contributed by atoms with Crippen molar-refractivity contribution in [2.24, 2.45) is 0 Å². The van der Waals surface area contributed by atoms with E-state index in [-0.39, 0.29) is 5.41 Å². The molecule has 0 bridgehead atoms. The van der Waals surface area contributed by atoms with E-state index in [0.29, 0.717) is 0 Å². The molecule has 0 atom stereocenters. The predicted octanol–water partition coefficient (Wildman–Crippen LogP) is 8.78. The van der Waals surface area contributed by atoms with Crippen LogP contribution >= 0.6 is 0 Å². The topological polar surface area (TPSA) is 20.2 Å². The summed E-state index contributed by atoms with van der Waals surface area (Å²) in [6.45, 7) is 4.75. The van der Waals surface area contributed by atoms with Gasteiger partial charge in [-0.3, -0.25) is 0 Å². The number of benzene rings is 5. The summed E-state index contributed by atoms with van der Waals surface area (Å²) in [6, 6.07) is 33.8. The van der Waals surface area contributed by atoms with Crippen LogP contribution in [0, 0.1) is 0 Å². The minimum Gasteiger partial charge on any atom is -0.354 e. The molecule has 1 aliphatic carbocycles. The molecule has 164 valence electrons. The summed E-state index contributed by atoms with van der Waals surface area (Å²) >= 11 is 0. The van der Waals surface area contributed by atoms with E-state index < -0.39 is 0 Å². The van der Waals surface area contributed by atoms with Gasteiger partial charge in [0.25, 0.3) is 0 Å². The fourth-order valence-electron chi connectivity index (χ4n) is 7.25. The van der Waals surface area contributed by atoms with E-state index in [0.717, 1.165) is 0 Å². The summed E-state index contributed by atoms with van der Waals surface area (Å²) in [5.74, 6) is 0. The van der Waals surface area contributed by atoms with Crippen molar-refractivity contribution < 1.29 is 0 Å². The summed E-state index contributed by atoms with van der Waals surface area (Å²) in [5.41, 5.74) is 11.8. The summed E-state index contributed by atoms with van der Waals surface area (Å²) in [7, 11) is 0. The molecule has 1 aliphatic rings. The molecule has 0 amide bonds. The quantitative estimate of drug-likeness (QED) is 0.240. The zero-order valence-corrected chi connectivity index (χ0v) is 19.6.